The molecule has 1 aliphatic carbocycles. The summed E-state index contributed by atoms with van der Waals surface area (Å²) in [5, 5.41) is 12.9. The quantitative estimate of drug-likeness (QED) is 0.885. The van der Waals surface area contributed by atoms with Gasteiger partial charge in [-0.15, -0.1) is 0 Å². The van der Waals surface area contributed by atoms with Gasteiger partial charge in [-0.2, -0.15) is 0 Å². The van der Waals surface area contributed by atoms with Crippen molar-refractivity contribution in [3.8, 4) is 0 Å². The van der Waals surface area contributed by atoms with Crippen molar-refractivity contribution in [1.82, 2.24) is 10.2 Å². The molecule has 1 aromatic rings. The number of benzene rings is 1. The molecule has 0 bridgehead atoms. The van der Waals surface area contributed by atoms with Crippen LogP contribution in [0.1, 0.15) is 37.7 Å². The van der Waals surface area contributed by atoms with Crippen LogP contribution in [0.15, 0.2) is 30.3 Å². The normalized spacial score (nSPS) is 25.1. The molecule has 0 radical (unpaired) electrons. The van der Waals surface area contributed by atoms with Crippen molar-refractivity contribution in [3.63, 3.8) is 0 Å². The summed E-state index contributed by atoms with van der Waals surface area (Å²) in [7, 11) is 0. The smallest absolute Gasteiger partial charge is 0.234 e. The van der Waals surface area contributed by atoms with Gasteiger partial charge in [-0.05, 0) is 44.2 Å². The van der Waals surface area contributed by atoms with E-state index in [1.807, 2.05) is 18.2 Å². The average molecular weight is 288 g/mol. The highest BCUT2D eigenvalue weighted by atomic mass is 16.3. The first-order valence-corrected chi connectivity index (χ1v) is 7.95. The van der Waals surface area contributed by atoms with Gasteiger partial charge in [0, 0.05) is 6.54 Å². The third-order valence-corrected chi connectivity index (χ3v) is 4.76. The number of rotatable bonds is 4. The van der Waals surface area contributed by atoms with Gasteiger partial charge in [0.2, 0.25) is 5.91 Å². The van der Waals surface area contributed by atoms with E-state index in [1.165, 1.54) is 5.56 Å². The van der Waals surface area contributed by atoms with Gasteiger partial charge in [0.25, 0.3) is 0 Å². The highest BCUT2D eigenvalue weighted by Gasteiger charge is 2.40. The highest BCUT2D eigenvalue weighted by Crippen LogP contribution is 2.41. The van der Waals surface area contributed by atoms with Crippen LogP contribution in [0, 0.1) is 0 Å². The second-order valence-corrected chi connectivity index (χ2v) is 6.38. The number of carbonyl (C=O) groups is 1. The Kier molecular flexibility index (Phi) is 4.27. The molecule has 4 nitrogen and oxygen atoms in total. The molecule has 1 amide bonds. The summed E-state index contributed by atoms with van der Waals surface area (Å²) in [6.07, 6.45) is 4.75. The molecule has 1 saturated carbocycles. The Labute approximate surface area is 126 Å². The van der Waals surface area contributed by atoms with E-state index in [-0.39, 0.29) is 17.6 Å². The lowest BCUT2D eigenvalue weighted by Crippen LogP contribution is -2.54. The number of aliphatic hydroxyl groups is 1. The summed E-state index contributed by atoms with van der Waals surface area (Å²) >= 11 is 0. The predicted octanol–water partition coefficient (Wildman–Crippen LogP) is 1.64. The SMILES string of the molecule is O=C(CN1CCCC(O)C1)NC1(c2ccccc2)CCC1. The Morgan fingerprint density at radius 2 is 2.05 bits per heavy atom. The van der Waals surface area contributed by atoms with E-state index in [2.05, 4.69) is 22.3 Å². The van der Waals surface area contributed by atoms with Crippen LogP contribution < -0.4 is 5.32 Å². The van der Waals surface area contributed by atoms with Gasteiger partial charge < -0.3 is 10.4 Å². The molecule has 21 heavy (non-hydrogen) atoms. The molecule has 1 heterocycles. The van der Waals surface area contributed by atoms with Crippen LogP contribution in [0.5, 0.6) is 0 Å². The molecule has 0 spiro atoms. The average Bonchev–Trinajstić information content (AvgIpc) is 2.44. The molecular weight excluding hydrogens is 264 g/mol. The van der Waals surface area contributed by atoms with E-state index in [1.54, 1.807) is 0 Å². The zero-order valence-corrected chi connectivity index (χ0v) is 12.4. The monoisotopic (exact) mass is 288 g/mol. The lowest BCUT2D eigenvalue weighted by molar-refractivity contribution is -0.126. The lowest BCUT2D eigenvalue weighted by Gasteiger charge is -2.43. The molecule has 0 aromatic heterocycles. The molecule has 4 heteroatoms. The molecule has 1 unspecified atom stereocenters. The van der Waals surface area contributed by atoms with Crippen molar-refractivity contribution in [3.05, 3.63) is 35.9 Å². The maximum absolute atomic E-state index is 12.4. The molecule has 1 aliphatic heterocycles. The van der Waals surface area contributed by atoms with Crippen molar-refractivity contribution < 1.29 is 9.90 Å². The third-order valence-electron chi connectivity index (χ3n) is 4.76. The summed E-state index contributed by atoms with van der Waals surface area (Å²) in [5.74, 6) is 0.0765. The van der Waals surface area contributed by atoms with Gasteiger partial charge in [-0.1, -0.05) is 30.3 Å². The summed E-state index contributed by atoms with van der Waals surface area (Å²) in [4.78, 5) is 14.4. The van der Waals surface area contributed by atoms with Crippen molar-refractivity contribution in [1.29, 1.82) is 0 Å². The number of β-amino-alcohol motifs (C(OH)–C–C–N with tert-alkyl or cyclic N) is 1. The maximum atomic E-state index is 12.4. The minimum atomic E-state index is -0.279. The lowest BCUT2D eigenvalue weighted by atomic mass is 9.72. The first kappa shape index (κ1) is 14.5. The number of hydrogen-bond donors (Lipinski definition) is 2. The van der Waals surface area contributed by atoms with Crippen molar-refractivity contribution >= 4 is 5.91 Å². The molecule has 2 fully saturated rings. The van der Waals surface area contributed by atoms with Crippen LogP contribution in [0.4, 0.5) is 0 Å². The minimum Gasteiger partial charge on any atom is -0.392 e. The first-order chi connectivity index (χ1) is 10.2. The maximum Gasteiger partial charge on any atom is 0.234 e. The second-order valence-electron chi connectivity index (χ2n) is 6.38. The Balaban J connectivity index is 1.60. The Hall–Kier alpha value is -1.39. The highest BCUT2D eigenvalue weighted by molar-refractivity contribution is 5.79. The van der Waals surface area contributed by atoms with Crippen LogP contribution >= 0.6 is 0 Å². The van der Waals surface area contributed by atoms with E-state index < -0.39 is 0 Å². The molecule has 1 aromatic carbocycles. The van der Waals surface area contributed by atoms with Gasteiger partial charge in [0.15, 0.2) is 0 Å². The molecule has 3 rings (SSSR count). The van der Waals surface area contributed by atoms with Gasteiger partial charge in [0.1, 0.15) is 0 Å². The number of carbonyl (C=O) groups excluding carboxylic acids is 1. The molecule has 114 valence electrons. The van der Waals surface area contributed by atoms with E-state index in [0.29, 0.717) is 13.1 Å². The second kappa shape index (κ2) is 6.16. The van der Waals surface area contributed by atoms with Gasteiger partial charge in [-0.25, -0.2) is 0 Å². The van der Waals surface area contributed by atoms with Crippen molar-refractivity contribution in [2.75, 3.05) is 19.6 Å². The van der Waals surface area contributed by atoms with Crippen LogP contribution in [-0.4, -0.2) is 41.7 Å². The first-order valence-electron chi connectivity index (χ1n) is 7.95. The van der Waals surface area contributed by atoms with E-state index in [9.17, 15) is 9.90 Å². The number of likely N-dealkylation sites (tertiary alicyclic amines) is 1. The van der Waals surface area contributed by atoms with Crippen LogP contribution in [0.25, 0.3) is 0 Å². The number of amides is 1. The summed E-state index contributed by atoms with van der Waals surface area (Å²) in [5.41, 5.74) is 1.05. The molecular formula is C17H24N2O2. The zero-order valence-electron chi connectivity index (χ0n) is 12.4. The number of piperidine rings is 1. The van der Waals surface area contributed by atoms with Crippen molar-refractivity contribution in [2.45, 2.75) is 43.7 Å². The standard InChI is InChI=1S/C17H24N2O2/c20-15-8-4-11-19(12-15)13-16(21)18-17(9-5-10-17)14-6-2-1-3-7-14/h1-3,6-7,15,20H,4-5,8-13H2,(H,18,21). The summed E-state index contributed by atoms with van der Waals surface area (Å²) in [6, 6.07) is 10.3. The zero-order chi connectivity index (χ0) is 14.7. The van der Waals surface area contributed by atoms with Crippen molar-refractivity contribution in [2.24, 2.45) is 0 Å². The topological polar surface area (TPSA) is 52.6 Å². The molecule has 2 aliphatic rings. The summed E-state index contributed by atoms with van der Waals surface area (Å²) < 4.78 is 0. The Bertz CT molecular complexity index is 485. The number of nitrogens with zero attached hydrogens (tertiary/aromatic N) is 1. The fourth-order valence-electron chi connectivity index (χ4n) is 3.46. The molecule has 1 saturated heterocycles. The van der Waals surface area contributed by atoms with Gasteiger partial charge >= 0.3 is 0 Å². The number of aliphatic hydroxyl groups excluding tert-OH is 1. The largest absolute Gasteiger partial charge is 0.392 e. The predicted molar refractivity (Wildman–Crippen MR) is 81.8 cm³/mol. The number of hydrogen-bond acceptors (Lipinski definition) is 3. The van der Waals surface area contributed by atoms with Gasteiger partial charge in [0.05, 0.1) is 18.2 Å². The Morgan fingerprint density at radius 3 is 2.67 bits per heavy atom. The molecule has 1 atom stereocenters. The van der Waals surface area contributed by atoms with Gasteiger partial charge in [-0.3, -0.25) is 9.69 Å². The van der Waals surface area contributed by atoms with E-state index in [4.69, 9.17) is 0 Å². The third kappa shape index (κ3) is 3.27. The molecule has 2 N–H and O–H groups in total. The summed E-state index contributed by atoms with van der Waals surface area (Å²) in [6.45, 7) is 1.92. The van der Waals surface area contributed by atoms with E-state index in [0.717, 1.165) is 38.6 Å². The fourth-order valence-corrected chi connectivity index (χ4v) is 3.46. The minimum absolute atomic E-state index is 0.0765. The number of nitrogens with one attached hydrogen (secondary N) is 1. The van der Waals surface area contributed by atoms with Crippen LogP contribution in [0.3, 0.4) is 0 Å². The van der Waals surface area contributed by atoms with Crippen LogP contribution in [-0.2, 0) is 10.3 Å². The van der Waals surface area contributed by atoms with E-state index >= 15 is 0 Å². The van der Waals surface area contributed by atoms with Crippen LogP contribution in [0.2, 0.25) is 0 Å². The fraction of sp³-hybridized carbons (Fsp3) is 0.588. The Morgan fingerprint density at radius 1 is 1.29 bits per heavy atom.